The van der Waals surface area contributed by atoms with E-state index in [1.54, 1.807) is 16.8 Å². The standard InChI is InChI=1S/C20H28N8O/c1-12(2)28-19-17(26-27-28)18(22-11-13-5-3-4-6-16(13)29)24-20(25-19)23-15-9-7-14(21)8-10-15/h3-6,12,14-15,29H,7-11,21H2,1-2H3,(H2,22,23,24,25)/t14-,15-. The Balaban J connectivity index is 1.63. The van der Waals surface area contributed by atoms with Gasteiger partial charge in [-0.1, -0.05) is 23.4 Å². The van der Waals surface area contributed by atoms with E-state index in [0.717, 1.165) is 31.2 Å². The summed E-state index contributed by atoms with van der Waals surface area (Å²) < 4.78 is 1.80. The third kappa shape index (κ3) is 4.24. The highest BCUT2D eigenvalue weighted by Crippen LogP contribution is 2.26. The van der Waals surface area contributed by atoms with Gasteiger partial charge in [0, 0.05) is 24.2 Å². The second-order valence-corrected chi connectivity index (χ2v) is 7.93. The van der Waals surface area contributed by atoms with Crippen LogP contribution in [0.5, 0.6) is 5.75 Å². The third-order valence-corrected chi connectivity index (χ3v) is 5.36. The molecule has 154 valence electrons. The lowest BCUT2D eigenvalue weighted by atomic mass is 9.92. The van der Waals surface area contributed by atoms with E-state index >= 15 is 0 Å². The van der Waals surface area contributed by atoms with Crippen LogP contribution in [0.1, 0.15) is 51.1 Å². The molecule has 1 aliphatic carbocycles. The molecule has 1 aromatic carbocycles. The maximum absolute atomic E-state index is 10.0. The zero-order chi connectivity index (χ0) is 20.4. The number of fused-ring (bicyclic) bond motifs is 1. The first-order valence-electron chi connectivity index (χ1n) is 10.2. The van der Waals surface area contributed by atoms with Crippen molar-refractivity contribution in [1.82, 2.24) is 25.0 Å². The van der Waals surface area contributed by atoms with Gasteiger partial charge in [-0.15, -0.1) is 5.10 Å². The second-order valence-electron chi connectivity index (χ2n) is 7.93. The van der Waals surface area contributed by atoms with Crippen LogP contribution in [0.2, 0.25) is 0 Å². The van der Waals surface area contributed by atoms with E-state index in [4.69, 9.17) is 10.7 Å². The quantitative estimate of drug-likeness (QED) is 0.501. The first kappa shape index (κ1) is 19.4. The van der Waals surface area contributed by atoms with E-state index in [0.29, 0.717) is 41.6 Å². The smallest absolute Gasteiger partial charge is 0.227 e. The lowest BCUT2D eigenvalue weighted by molar-refractivity contribution is 0.410. The summed E-state index contributed by atoms with van der Waals surface area (Å²) >= 11 is 0. The molecule has 9 heteroatoms. The van der Waals surface area contributed by atoms with Gasteiger partial charge in [-0.25, -0.2) is 4.68 Å². The van der Waals surface area contributed by atoms with Crippen LogP contribution in [0.15, 0.2) is 24.3 Å². The highest BCUT2D eigenvalue weighted by atomic mass is 16.3. The number of aromatic nitrogens is 5. The van der Waals surface area contributed by atoms with Crippen molar-refractivity contribution in [3.63, 3.8) is 0 Å². The summed E-state index contributed by atoms with van der Waals surface area (Å²) in [5.74, 6) is 1.40. The van der Waals surface area contributed by atoms with Crippen molar-refractivity contribution < 1.29 is 5.11 Å². The molecule has 5 N–H and O–H groups in total. The summed E-state index contributed by atoms with van der Waals surface area (Å²) in [4.78, 5) is 9.37. The van der Waals surface area contributed by atoms with Crippen LogP contribution in [-0.4, -0.2) is 42.2 Å². The molecule has 4 rings (SSSR count). The fourth-order valence-corrected chi connectivity index (χ4v) is 3.65. The van der Waals surface area contributed by atoms with Crippen molar-refractivity contribution in [2.45, 2.75) is 64.2 Å². The number of nitrogens with one attached hydrogen (secondary N) is 2. The van der Waals surface area contributed by atoms with Crippen LogP contribution in [0.25, 0.3) is 11.2 Å². The first-order valence-corrected chi connectivity index (χ1v) is 10.2. The molecule has 0 radical (unpaired) electrons. The molecular weight excluding hydrogens is 368 g/mol. The van der Waals surface area contributed by atoms with E-state index in [9.17, 15) is 5.11 Å². The van der Waals surface area contributed by atoms with Gasteiger partial charge in [0.15, 0.2) is 17.0 Å². The molecule has 9 nitrogen and oxygen atoms in total. The average Bonchev–Trinajstić information content (AvgIpc) is 3.13. The van der Waals surface area contributed by atoms with Gasteiger partial charge in [0.2, 0.25) is 5.95 Å². The van der Waals surface area contributed by atoms with E-state index in [-0.39, 0.29) is 11.8 Å². The maximum atomic E-state index is 10.0. The minimum absolute atomic E-state index is 0.126. The summed E-state index contributed by atoms with van der Waals surface area (Å²) in [6.07, 6.45) is 4.02. The number of phenols is 1. The predicted octanol–water partition coefficient (Wildman–Crippen LogP) is 2.80. The van der Waals surface area contributed by atoms with Crippen LogP contribution in [0, 0.1) is 0 Å². The molecule has 3 aromatic rings. The molecule has 1 fully saturated rings. The minimum atomic E-state index is 0.126. The van der Waals surface area contributed by atoms with E-state index in [1.165, 1.54) is 0 Å². The van der Waals surface area contributed by atoms with Crippen molar-refractivity contribution in [2.75, 3.05) is 10.6 Å². The Hall–Kier alpha value is -2.94. The summed E-state index contributed by atoms with van der Waals surface area (Å²) in [5, 5.41) is 25.3. The molecule has 29 heavy (non-hydrogen) atoms. The Morgan fingerprint density at radius 2 is 1.93 bits per heavy atom. The largest absolute Gasteiger partial charge is 0.508 e. The van der Waals surface area contributed by atoms with Gasteiger partial charge in [-0.2, -0.15) is 9.97 Å². The number of hydrogen-bond acceptors (Lipinski definition) is 8. The number of nitrogens with zero attached hydrogens (tertiary/aromatic N) is 5. The Bertz CT molecular complexity index is 978. The van der Waals surface area contributed by atoms with E-state index < -0.39 is 0 Å². The average molecular weight is 396 g/mol. The van der Waals surface area contributed by atoms with Gasteiger partial charge in [0.25, 0.3) is 0 Å². The zero-order valence-corrected chi connectivity index (χ0v) is 16.8. The van der Waals surface area contributed by atoms with Gasteiger partial charge < -0.3 is 21.5 Å². The fourth-order valence-electron chi connectivity index (χ4n) is 3.65. The molecule has 1 saturated carbocycles. The predicted molar refractivity (Wildman–Crippen MR) is 113 cm³/mol. The Morgan fingerprint density at radius 3 is 2.66 bits per heavy atom. The Kier molecular flexibility index (Phi) is 5.48. The molecule has 0 spiro atoms. The summed E-state index contributed by atoms with van der Waals surface area (Å²) in [6.45, 7) is 4.51. The first-order chi connectivity index (χ1) is 14.0. The molecule has 2 heterocycles. The highest BCUT2D eigenvalue weighted by Gasteiger charge is 2.21. The van der Waals surface area contributed by atoms with Crippen LogP contribution in [0.4, 0.5) is 11.8 Å². The number of para-hydroxylation sites is 1. The minimum Gasteiger partial charge on any atom is -0.508 e. The maximum Gasteiger partial charge on any atom is 0.227 e. The van der Waals surface area contributed by atoms with E-state index in [2.05, 4.69) is 25.9 Å². The molecule has 0 saturated heterocycles. The zero-order valence-electron chi connectivity index (χ0n) is 16.8. The van der Waals surface area contributed by atoms with Crippen LogP contribution in [0.3, 0.4) is 0 Å². The van der Waals surface area contributed by atoms with Crippen molar-refractivity contribution in [3.05, 3.63) is 29.8 Å². The van der Waals surface area contributed by atoms with Crippen LogP contribution in [-0.2, 0) is 6.54 Å². The van der Waals surface area contributed by atoms with Gasteiger partial charge in [0.05, 0.1) is 6.04 Å². The van der Waals surface area contributed by atoms with Crippen molar-refractivity contribution in [2.24, 2.45) is 5.73 Å². The SMILES string of the molecule is CC(C)n1nnc2c(NCc3ccccc3O)nc(N[C@H]3CC[C@H](N)CC3)nc21. The molecular formula is C20H28N8O. The number of benzene rings is 1. The topological polar surface area (TPSA) is 127 Å². The van der Waals surface area contributed by atoms with Crippen molar-refractivity contribution >= 4 is 22.9 Å². The van der Waals surface area contributed by atoms with Gasteiger partial charge in [0.1, 0.15) is 5.75 Å². The molecule has 0 aliphatic heterocycles. The lowest BCUT2D eigenvalue weighted by Gasteiger charge is -2.26. The van der Waals surface area contributed by atoms with Crippen LogP contribution >= 0.6 is 0 Å². The molecule has 0 bridgehead atoms. The Morgan fingerprint density at radius 1 is 1.17 bits per heavy atom. The number of nitrogens with two attached hydrogens (primary N) is 1. The van der Waals surface area contributed by atoms with Gasteiger partial charge in [-0.3, -0.25) is 0 Å². The number of rotatable bonds is 6. The lowest BCUT2D eigenvalue weighted by Crippen LogP contribution is -2.33. The number of anilines is 2. The monoisotopic (exact) mass is 396 g/mol. The van der Waals surface area contributed by atoms with E-state index in [1.807, 2.05) is 26.0 Å². The fraction of sp³-hybridized carbons (Fsp3) is 0.500. The van der Waals surface area contributed by atoms with Crippen molar-refractivity contribution in [1.29, 1.82) is 0 Å². The summed E-state index contributed by atoms with van der Waals surface area (Å²) in [6, 6.07) is 7.95. The second kappa shape index (κ2) is 8.20. The van der Waals surface area contributed by atoms with Crippen LogP contribution < -0.4 is 16.4 Å². The van der Waals surface area contributed by atoms with Gasteiger partial charge in [-0.05, 0) is 45.6 Å². The molecule has 0 unspecified atom stereocenters. The number of phenolic OH excluding ortho intramolecular Hbond substituents is 1. The molecule has 2 aromatic heterocycles. The summed E-state index contributed by atoms with van der Waals surface area (Å²) in [5.41, 5.74) is 8.11. The number of aromatic hydroxyl groups is 1. The molecule has 0 atom stereocenters. The van der Waals surface area contributed by atoms with Gasteiger partial charge >= 0.3 is 0 Å². The highest BCUT2D eigenvalue weighted by molar-refractivity contribution is 5.83. The third-order valence-electron chi connectivity index (χ3n) is 5.36. The molecule has 1 aliphatic rings. The van der Waals surface area contributed by atoms with Crippen molar-refractivity contribution in [3.8, 4) is 5.75 Å². The molecule has 0 amide bonds. The summed E-state index contributed by atoms with van der Waals surface area (Å²) in [7, 11) is 0. The Labute approximate surface area is 169 Å². The normalized spacial score (nSPS) is 19.6. The number of hydrogen-bond donors (Lipinski definition) is 4.